The van der Waals surface area contributed by atoms with Crippen LogP contribution >= 0.6 is 0 Å². The van der Waals surface area contributed by atoms with Gasteiger partial charge in [0.15, 0.2) is 5.78 Å². The second-order valence-corrected chi connectivity index (χ2v) is 11.3. The van der Waals surface area contributed by atoms with Gasteiger partial charge in [0.1, 0.15) is 17.8 Å². The third-order valence-corrected chi connectivity index (χ3v) is 9.77. The standard InChI is InChI=1S/C27H32O5/c1-15-10-18(28)24(30-14-16-8-6-5-7-9-16)25(2)17(15)11-21-26(3)19(25)12-22-27(4,32-22)20(26)13-23(29)31-21/h5-9,13,15,17,19,21-22,24H,10-12,14H2,1-4H3/t15-,17+,19-,21-,22+,24+,25+,26-,27-/m1/s1. The topological polar surface area (TPSA) is 65.1 Å². The molecule has 2 heterocycles. The summed E-state index contributed by atoms with van der Waals surface area (Å²) < 4.78 is 18.7. The smallest absolute Gasteiger partial charge is 0.331 e. The van der Waals surface area contributed by atoms with Crippen molar-refractivity contribution in [2.75, 3.05) is 0 Å². The van der Waals surface area contributed by atoms with E-state index in [2.05, 4.69) is 27.7 Å². The van der Waals surface area contributed by atoms with Gasteiger partial charge in [0.2, 0.25) is 0 Å². The van der Waals surface area contributed by atoms with Crippen LogP contribution in [0.5, 0.6) is 0 Å². The minimum absolute atomic E-state index is 0.0936. The monoisotopic (exact) mass is 436 g/mol. The quantitative estimate of drug-likeness (QED) is 0.524. The van der Waals surface area contributed by atoms with Gasteiger partial charge in [0.25, 0.3) is 0 Å². The highest BCUT2D eigenvalue weighted by molar-refractivity contribution is 5.87. The highest BCUT2D eigenvalue weighted by atomic mass is 16.6. The molecular weight excluding hydrogens is 404 g/mol. The Kier molecular flexibility index (Phi) is 4.21. The summed E-state index contributed by atoms with van der Waals surface area (Å²) in [5.74, 6) is 0.580. The van der Waals surface area contributed by atoms with Gasteiger partial charge in [-0.25, -0.2) is 4.79 Å². The number of rotatable bonds is 3. The van der Waals surface area contributed by atoms with E-state index in [-0.39, 0.29) is 58.1 Å². The number of carbonyl (C=O) groups excluding carboxylic acids is 2. The molecule has 9 atom stereocenters. The van der Waals surface area contributed by atoms with Gasteiger partial charge in [0.05, 0.1) is 12.7 Å². The summed E-state index contributed by atoms with van der Waals surface area (Å²) in [4.78, 5) is 26.0. The van der Waals surface area contributed by atoms with E-state index < -0.39 is 6.10 Å². The van der Waals surface area contributed by atoms with Crippen molar-refractivity contribution in [2.45, 2.75) is 77.5 Å². The fraction of sp³-hybridized carbons (Fsp3) is 0.630. The molecule has 2 aliphatic heterocycles. The average Bonchev–Trinajstić information content (AvgIpc) is 3.42. The molecule has 5 nitrogen and oxygen atoms in total. The Morgan fingerprint density at radius 1 is 1.06 bits per heavy atom. The number of hydrogen-bond donors (Lipinski definition) is 0. The van der Waals surface area contributed by atoms with Gasteiger partial charge < -0.3 is 14.2 Å². The van der Waals surface area contributed by atoms with Crippen molar-refractivity contribution in [1.82, 2.24) is 0 Å². The molecule has 6 rings (SSSR count). The van der Waals surface area contributed by atoms with E-state index in [1.165, 1.54) is 0 Å². The molecule has 1 saturated heterocycles. The molecule has 5 aliphatic rings. The number of esters is 1. The molecule has 0 N–H and O–H groups in total. The lowest BCUT2D eigenvalue weighted by Gasteiger charge is -2.65. The van der Waals surface area contributed by atoms with Gasteiger partial charge in [-0.1, -0.05) is 51.1 Å². The zero-order valence-corrected chi connectivity index (χ0v) is 19.3. The largest absolute Gasteiger partial charge is 0.458 e. The molecule has 0 radical (unpaired) electrons. The molecule has 0 unspecified atom stereocenters. The lowest BCUT2D eigenvalue weighted by atomic mass is 9.40. The van der Waals surface area contributed by atoms with Crippen LogP contribution in [0, 0.1) is 28.6 Å². The van der Waals surface area contributed by atoms with E-state index in [1.807, 2.05) is 30.3 Å². The van der Waals surface area contributed by atoms with Gasteiger partial charge in [0, 0.05) is 23.3 Å². The van der Waals surface area contributed by atoms with Gasteiger partial charge in [-0.3, -0.25) is 4.79 Å². The van der Waals surface area contributed by atoms with Crippen LogP contribution in [0.3, 0.4) is 0 Å². The van der Waals surface area contributed by atoms with Crippen molar-refractivity contribution in [1.29, 1.82) is 0 Å². The van der Waals surface area contributed by atoms with E-state index in [9.17, 15) is 9.59 Å². The number of hydrogen-bond acceptors (Lipinski definition) is 5. The Balaban J connectivity index is 1.44. The maximum absolute atomic E-state index is 13.5. The van der Waals surface area contributed by atoms with Crippen molar-refractivity contribution in [3.8, 4) is 0 Å². The number of ether oxygens (including phenoxy) is 3. The summed E-state index contributed by atoms with van der Waals surface area (Å²) in [6.07, 6.45) is 3.30. The van der Waals surface area contributed by atoms with Crippen LogP contribution in [0.1, 0.15) is 52.5 Å². The Labute approximate surface area is 189 Å². The zero-order valence-electron chi connectivity index (χ0n) is 19.3. The number of ketones is 1. The third-order valence-electron chi connectivity index (χ3n) is 9.77. The molecule has 1 aromatic carbocycles. The van der Waals surface area contributed by atoms with Crippen molar-refractivity contribution >= 4 is 11.8 Å². The van der Waals surface area contributed by atoms with Crippen LogP contribution in [-0.4, -0.2) is 35.7 Å². The van der Waals surface area contributed by atoms with E-state index in [0.29, 0.717) is 13.0 Å². The average molecular weight is 437 g/mol. The molecule has 5 heteroatoms. The Morgan fingerprint density at radius 3 is 2.56 bits per heavy atom. The van der Waals surface area contributed by atoms with Gasteiger partial charge >= 0.3 is 5.97 Å². The normalized spacial score (nSPS) is 48.7. The predicted octanol–water partition coefficient (Wildman–Crippen LogP) is 4.24. The first-order valence-electron chi connectivity index (χ1n) is 12.0. The van der Waals surface area contributed by atoms with Crippen molar-refractivity contribution in [2.24, 2.45) is 28.6 Å². The summed E-state index contributed by atoms with van der Waals surface area (Å²) in [5, 5.41) is 0. The van der Waals surface area contributed by atoms with E-state index >= 15 is 0 Å². The maximum Gasteiger partial charge on any atom is 0.331 e. The third kappa shape index (κ3) is 2.52. The Hall–Kier alpha value is -1.98. The van der Waals surface area contributed by atoms with Crippen LogP contribution < -0.4 is 0 Å². The molecule has 0 bridgehead atoms. The predicted molar refractivity (Wildman–Crippen MR) is 117 cm³/mol. The lowest BCUT2D eigenvalue weighted by molar-refractivity contribution is -0.223. The minimum Gasteiger partial charge on any atom is -0.458 e. The summed E-state index contributed by atoms with van der Waals surface area (Å²) in [6, 6.07) is 10.1. The van der Waals surface area contributed by atoms with Crippen molar-refractivity contribution < 1.29 is 23.8 Å². The molecule has 32 heavy (non-hydrogen) atoms. The fourth-order valence-corrected chi connectivity index (χ4v) is 8.16. The first-order chi connectivity index (χ1) is 15.2. The van der Waals surface area contributed by atoms with E-state index in [4.69, 9.17) is 14.2 Å². The SMILES string of the molecule is C[C@@H]1CC(=O)[C@H](OCc2ccccc2)[C@@]2(C)[C@H]1C[C@H]1OC(=O)C=C3[C@@]1(C)[C@@H]2C[C@@H]1O[C@]31C. The molecule has 3 saturated carbocycles. The lowest BCUT2D eigenvalue weighted by Crippen LogP contribution is -2.68. The maximum atomic E-state index is 13.5. The van der Waals surface area contributed by atoms with Crippen LogP contribution in [-0.2, 0) is 30.4 Å². The van der Waals surface area contributed by atoms with E-state index in [0.717, 1.165) is 24.0 Å². The molecule has 0 amide bonds. The number of carbonyl (C=O) groups is 2. The molecule has 4 fully saturated rings. The van der Waals surface area contributed by atoms with E-state index in [1.54, 1.807) is 6.08 Å². The first kappa shape index (κ1) is 20.6. The molecule has 170 valence electrons. The summed E-state index contributed by atoms with van der Waals surface area (Å²) in [5.41, 5.74) is 1.08. The highest BCUT2D eigenvalue weighted by Crippen LogP contribution is 2.72. The molecule has 3 aliphatic carbocycles. The van der Waals surface area contributed by atoms with Crippen LogP contribution in [0.4, 0.5) is 0 Å². The second kappa shape index (κ2) is 6.54. The Morgan fingerprint density at radius 2 is 1.81 bits per heavy atom. The Bertz CT molecular complexity index is 1020. The molecular formula is C27H32O5. The highest BCUT2D eigenvalue weighted by Gasteiger charge is 2.76. The van der Waals surface area contributed by atoms with Crippen LogP contribution in [0.2, 0.25) is 0 Å². The summed E-state index contributed by atoms with van der Waals surface area (Å²) >= 11 is 0. The second-order valence-electron chi connectivity index (χ2n) is 11.3. The van der Waals surface area contributed by atoms with Gasteiger partial charge in [-0.2, -0.15) is 0 Å². The van der Waals surface area contributed by atoms with Gasteiger partial charge in [-0.05, 0) is 48.7 Å². The number of Topliss-reactive ketones (excluding diaryl/α,β-unsaturated/α-hetero) is 1. The van der Waals surface area contributed by atoms with Crippen molar-refractivity contribution in [3.05, 3.63) is 47.5 Å². The fourth-order valence-electron chi connectivity index (χ4n) is 8.16. The van der Waals surface area contributed by atoms with Crippen molar-refractivity contribution in [3.63, 3.8) is 0 Å². The summed E-state index contributed by atoms with van der Waals surface area (Å²) in [6.45, 7) is 9.22. The molecule has 1 aromatic rings. The van der Waals surface area contributed by atoms with Crippen LogP contribution in [0.25, 0.3) is 0 Å². The van der Waals surface area contributed by atoms with Gasteiger partial charge in [-0.15, -0.1) is 0 Å². The van der Waals surface area contributed by atoms with Crippen LogP contribution in [0.15, 0.2) is 42.0 Å². The minimum atomic E-state index is -0.464. The zero-order chi connectivity index (χ0) is 22.5. The number of epoxide rings is 1. The number of benzene rings is 1. The first-order valence-corrected chi connectivity index (χ1v) is 12.0. The molecule has 0 spiro atoms. The molecule has 0 aromatic heterocycles. The number of fused-ring (bicyclic) bond motifs is 4. The summed E-state index contributed by atoms with van der Waals surface area (Å²) in [7, 11) is 0.